The summed E-state index contributed by atoms with van der Waals surface area (Å²) in [7, 11) is 0. The Balaban J connectivity index is 2.63. The highest BCUT2D eigenvalue weighted by Gasteiger charge is 2.14. The van der Waals surface area contributed by atoms with Gasteiger partial charge in [0.05, 0.1) is 11.0 Å². The van der Waals surface area contributed by atoms with Crippen molar-refractivity contribution in [2.75, 3.05) is 0 Å². The highest BCUT2D eigenvalue weighted by Crippen LogP contribution is 2.23. The highest BCUT2D eigenvalue weighted by atomic mass is 35.5. The van der Waals surface area contributed by atoms with Gasteiger partial charge in [-0.2, -0.15) is 0 Å². The lowest BCUT2D eigenvalue weighted by atomic mass is 9.97. The number of hydrogen-bond acceptors (Lipinski definition) is 1. The number of fused-ring (bicyclic) bond motifs is 1. The molecule has 86 valence electrons. The zero-order valence-corrected chi connectivity index (χ0v) is 11.2. The van der Waals surface area contributed by atoms with E-state index < -0.39 is 0 Å². The predicted molar refractivity (Wildman–Crippen MR) is 71.6 cm³/mol. The Morgan fingerprint density at radius 2 is 2.06 bits per heavy atom. The van der Waals surface area contributed by atoms with Gasteiger partial charge in [0.1, 0.15) is 0 Å². The van der Waals surface area contributed by atoms with Gasteiger partial charge in [-0.15, -0.1) is 0 Å². The van der Waals surface area contributed by atoms with Crippen molar-refractivity contribution in [1.29, 1.82) is 0 Å². The first kappa shape index (κ1) is 11.7. The van der Waals surface area contributed by atoms with Crippen LogP contribution in [0.3, 0.4) is 0 Å². The summed E-state index contributed by atoms with van der Waals surface area (Å²) in [6.07, 6.45) is 0. The third-order valence-electron chi connectivity index (χ3n) is 2.37. The van der Waals surface area contributed by atoms with E-state index in [1.165, 1.54) is 0 Å². The molecule has 0 saturated carbocycles. The molecule has 1 aromatic carbocycles. The van der Waals surface area contributed by atoms with Crippen LogP contribution in [0.5, 0.6) is 0 Å². The number of rotatable bonds is 1. The van der Waals surface area contributed by atoms with E-state index in [1.54, 1.807) is 0 Å². The molecule has 0 aliphatic heterocycles. The molecule has 0 aliphatic carbocycles. The third-order valence-corrected chi connectivity index (χ3v) is 2.93. The van der Waals surface area contributed by atoms with Crippen LogP contribution in [0.2, 0.25) is 5.02 Å². The van der Waals surface area contributed by atoms with Crippen LogP contribution in [0.15, 0.2) is 18.2 Å². The van der Waals surface area contributed by atoms with Gasteiger partial charge in [-0.05, 0) is 35.8 Å². The monoisotopic (exact) mass is 254 g/mol. The summed E-state index contributed by atoms with van der Waals surface area (Å²) < 4.78 is 2.86. The maximum Gasteiger partial charge on any atom is 0.178 e. The van der Waals surface area contributed by atoms with Crippen molar-refractivity contribution in [3.05, 3.63) is 28.0 Å². The van der Waals surface area contributed by atoms with E-state index in [2.05, 4.69) is 30.3 Å². The molecule has 2 rings (SSSR count). The topological polar surface area (TPSA) is 20.7 Å². The van der Waals surface area contributed by atoms with Gasteiger partial charge in [0, 0.05) is 11.6 Å². The van der Waals surface area contributed by atoms with Gasteiger partial charge < -0.3 is 9.55 Å². The van der Waals surface area contributed by atoms with Gasteiger partial charge in [-0.1, -0.05) is 32.4 Å². The van der Waals surface area contributed by atoms with Gasteiger partial charge in [0.2, 0.25) is 0 Å². The second-order valence-electron chi connectivity index (χ2n) is 5.24. The smallest absolute Gasteiger partial charge is 0.178 e. The lowest BCUT2D eigenvalue weighted by molar-refractivity contribution is 0.346. The van der Waals surface area contributed by atoms with Crippen LogP contribution in [-0.4, -0.2) is 9.55 Å². The zero-order chi connectivity index (χ0) is 11.9. The first-order valence-corrected chi connectivity index (χ1v) is 6.03. The lowest BCUT2D eigenvalue weighted by Crippen LogP contribution is -2.15. The quantitative estimate of drug-likeness (QED) is 0.748. The van der Waals surface area contributed by atoms with Crippen molar-refractivity contribution in [2.24, 2.45) is 5.41 Å². The molecule has 0 fully saturated rings. The van der Waals surface area contributed by atoms with Gasteiger partial charge in [0.15, 0.2) is 4.77 Å². The van der Waals surface area contributed by atoms with E-state index in [-0.39, 0.29) is 5.41 Å². The van der Waals surface area contributed by atoms with Crippen molar-refractivity contribution < 1.29 is 0 Å². The molecule has 1 heterocycles. The van der Waals surface area contributed by atoms with E-state index >= 15 is 0 Å². The number of aromatic amines is 1. The second kappa shape index (κ2) is 3.90. The lowest BCUT2D eigenvalue weighted by Gasteiger charge is -2.19. The van der Waals surface area contributed by atoms with Gasteiger partial charge in [0.25, 0.3) is 0 Å². The second-order valence-corrected chi connectivity index (χ2v) is 6.06. The number of imidazole rings is 1. The van der Waals surface area contributed by atoms with Crippen LogP contribution >= 0.6 is 23.8 Å². The standard InChI is InChI=1S/C12H15ClN2S/c1-12(2,3)7-15-10-6-8(13)4-5-9(10)14-11(15)16/h4-6H,7H2,1-3H3,(H,14,16). The van der Waals surface area contributed by atoms with Gasteiger partial charge in [-0.3, -0.25) is 0 Å². The molecule has 0 amide bonds. The van der Waals surface area contributed by atoms with Gasteiger partial charge in [-0.25, -0.2) is 0 Å². The summed E-state index contributed by atoms with van der Waals surface area (Å²) in [4.78, 5) is 3.20. The molecule has 1 aromatic heterocycles. The SMILES string of the molecule is CC(C)(C)Cn1c(=S)[nH]c2ccc(Cl)cc21. The summed E-state index contributed by atoms with van der Waals surface area (Å²) in [5.41, 5.74) is 2.31. The molecule has 0 atom stereocenters. The molecule has 1 N–H and O–H groups in total. The minimum absolute atomic E-state index is 0.190. The molecule has 2 nitrogen and oxygen atoms in total. The molecule has 0 aliphatic rings. The Hall–Kier alpha value is -0.800. The van der Waals surface area contributed by atoms with Crippen LogP contribution < -0.4 is 0 Å². The molecule has 16 heavy (non-hydrogen) atoms. The van der Waals surface area contributed by atoms with E-state index in [1.807, 2.05) is 18.2 Å². The average molecular weight is 255 g/mol. The molecular weight excluding hydrogens is 240 g/mol. The Morgan fingerprint density at radius 3 is 2.69 bits per heavy atom. The van der Waals surface area contributed by atoms with Crippen molar-refractivity contribution in [3.8, 4) is 0 Å². The average Bonchev–Trinajstić information content (AvgIpc) is 2.42. The van der Waals surface area contributed by atoms with Crippen molar-refractivity contribution >= 4 is 34.9 Å². The number of nitrogens with one attached hydrogen (secondary N) is 1. The Labute approximate surface area is 105 Å². The molecule has 0 unspecified atom stereocenters. The first-order chi connectivity index (χ1) is 7.37. The maximum absolute atomic E-state index is 6.01. The summed E-state index contributed by atoms with van der Waals surface area (Å²) in [6, 6.07) is 5.79. The molecule has 0 saturated heterocycles. The molecular formula is C12H15ClN2S. The molecule has 2 aromatic rings. The van der Waals surface area contributed by atoms with Crippen molar-refractivity contribution in [2.45, 2.75) is 27.3 Å². The number of benzene rings is 1. The molecule has 0 radical (unpaired) electrons. The minimum atomic E-state index is 0.190. The summed E-state index contributed by atoms with van der Waals surface area (Å²) in [5.74, 6) is 0. The maximum atomic E-state index is 6.01. The Kier molecular flexibility index (Phi) is 2.84. The first-order valence-electron chi connectivity index (χ1n) is 5.25. The third kappa shape index (κ3) is 2.30. The van der Waals surface area contributed by atoms with Crippen LogP contribution in [0.25, 0.3) is 11.0 Å². The van der Waals surface area contributed by atoms with Crippen LogP contribution in [0, 0.1) is 10.2 Å². The number of H-pyrrole nitrogens is 1. The van der Waals surface area contributed by atoms with Crippen LogP contribution in [0.4, 0.5) is 0 Å². The normalized spacial score (nSPS) is 12.2. The molecule has 4 heteroatoms. The number of nitrogens with zero attached hydrogens (tertiary/aromatic N) is 1. The van der Waals surface area contributed by atoms with E-state index in [4.69, 9.17) is 23.8 Å². The fraction of sp³-hybridized carbons (Fsp3) is 0.417. The minimum Gasteiger partial charge on any atom is -0.331 e. The summed E-state index contributed by atoms with van der Waals surface area (Å²) >= 11 is 11.3. The summed E-state index contributed by atoms with van der Waals surface area (Å²) in [6.45, 7) is 7.46. The largest absolute Gasteiger partial charge is 0.331 e. The Morgan fingerprint density at radius 1 is 1.38 bits per heavy atom. The fourth-order valence-electron chi connectivity index (χ4n) is 1.76. The van der Waals surface area contributed by atoms with E-state index in [9.17, 15) is 0 Å². The number of hydrogen-bond donors (Lipinski definition) is 1. The molecule has 0 bridgehead atoms. The zero-order valence-electron chi connectivity index (χ0n) is 9.67. The van der Waals surface area contributed by atoms with Crippen LogP contribution in [-0.2, 0) is 6.54 Å². The van der Waals surface area contributed by atoms with Crippen LogP contribution in [0.1, 0.15) is 20.8 Å². The van der Waals surface area contributed by atoms with Crippen molar-refractivity contribution in [3.63, 3.8) is 0 Å². The molecule has 0 spiro atoms. The Bertz CT molecular complexity index is 575. The van der Waals surface area contributed by atoms with E-state index in [0.29, 0.717) is 0 Å². The van der Waals surface area contributed by atoms with Gasteiger partial charge >= 0.3 is 0 Å². The van der Waals surface area contributed by atoms with Crippen molar-refractivity contribution in [1.82, 2.24) is 9.55 Å². The summed E-state index contributed by atoms with van der Waals surface area (Å²) in [5, 5.41) is 0.740. The fourth-order valence-corrected chi connectivity index (χ4v) is 2.20. The predicted octanol–water partition coefficient (Wildman–Crippen LogP) is 4.40. The van der Waals surface area contributed by atoms with E-state index in [0.717, 1.165) is 27.4 Å². The number of halogens is 1. The number of aromatic nitrogens is 2. The highest BCUT2D eigenvalue weighted by molar-refractivity contribution is 7.71.